The molecule has 0 radical (unpaired) electrons. The molecule has 2 aromatic rings. The van der Waals surface area contributed by atoms with Crippen LogP contribution in [-0.4, -0.2) is 24.7 Å². The summed E-state index contributed by atoms with van der Waals surface area (Å²) in [6.45, 7) is 2.26. The fourth-order valence-electron chi connectivity index (χ4n) is 2.43. The number of carbonyl (C=O) groups is 2. The lowest BCUT2D eigenvalue weighted by atomic mass is 10.0. The zero-order chi connectivity index (χ0) is 17.9. The van der Waals surface area contributed by atoms with Gasteiger partial charge in [-0.05, 0) is 24.5 Å². The first-order valence-corrected chi connectivity index (χ1v) is 8.34. The van der Waals surface area contributed by atoms with E-state index >= 15 is 0 Å². The Labute approximate surface area is 148 Å². The number of hydrogen-bond acceptors (Lipinski definition) is 4. The Bertz CT molecular complexity index is 658. The lowest BCUT2D eigenvalue weighted by Crippen LogP contribution is -2.38. The maximum Gasteiger partial charge on any atom is 0.407 e. The topological polar surface area (TPSA) is 64.6 Å². The highest BCUT2D eigenvalue weighted by Crippen LogP contribution is 2.08. The smallest absolute Gasteiger partial charge is 0.407 e. The van der Waals surface area contributed by atoms with Gasteiger partial charge in [0.05, 0.1) is 13.0 Å². The normalized spacial score (nSPS) is 11.4. The van der Waals surface area contributed by atoms with Gasteiger partial charge < -0.3 is 14.8 Å². The van der Waals surface area contributed by atoms with Crippen molar-refractivity contribution in [2.75, 3.05) is 6.61 Å². The molecule has 0 fully saturated rings. The highest BCUT2D eigenvalue weighted by Gasteiger charge is 2.18. The van der Waals surface area contributed by atoms with Gasteiger partial charge in [0.15, 0.2) is 0 Å². The van der Waals surface area contributed by atoms with Crippen LogP contribution < -0.4 is 5.32 Å². The first kappa shape index (κ1) is 18.5. The van der Waals surface area contributed by atoms with Gasteiger partial charge in [0, 0.05) is 6.04 Å². The summed E-state index contributed by atoms with van der Waals surface area (Å²) in [7, 11) is 0. The van der Waals surface area contributed by atoms with E-state index in [-0.39, 0.29) is 25.0 Å². The van der Waals surface area contributed by atoms with Crippen molar-refractivity contribution in [1.29, 1.82) is 0 Å². The predicted molar refractivity (Wildman–Crippen MR) is 94.9 cm³/mol. The van der Waals surface area contributed by atoms with E-state index in [0.717, 1.165) is 11.1 Å². The lowest BCUT2D eigenvalue weighted by Gasteiger charge is -2.18. The number of benzene rings is 2. The summed E-state index contributed by atoms with van der Waals surface area (Å²) in [6, 6.07) is 18.7. The minimum Gasteiger partial charge on any atom is -0.466 e. The monoisotopic (exact) mass is 341 g/mol. The van der Waals surface area contributed by atoms with Crippen molar-refractivity contribution >= 4 is 12.1 Å². The van der Waals surface area contributed by atoms with Crippen molar-refractivity contribution in [1.82, 2.24) is 5.32 Å². The first-order valence-electron chi connectivity index (χ1n) is 8.34. The molecule has 1 atom stereocenters. The molecule has 0 saturated heterocycles. The molecule has 25 heavy (non-hydrogen) atoms. The van der Waals surface area contributed by atoms with E-state index in [2.05, 4.69) is 5.32 Å². The third-order valence-electron chi connectivity index (χ3n) is 3.58. The van der Waals surface area contributed by atoms with Crippen molar-refractivity contribution in [2.24, 2.45) is 0 Å². The number of amides is 1. The van der Waals surface area contributed by atoms with Crippen LogP contribution in [0.5, 0.6) is 0 Å². The molecule has 0 heterocycles. The van der Waals surface area contributed by atoms with Crippen LogP contribution in [-0.2, 0) is 27.3 Å². The maximum atomic E-state index is 12.1. The second-order valence-corrected chi connectivity index (χ2v) is 5.60. The summed E-state index contributed by atoms with van der Waals surface area (Å²) in [4.78, 5) is 23.9. The van der Waals surface area contributed by atoms with Crippen molar-refractivity contribution < 1.29 is 19.1 Å². The molecule has 0 aliphatic rings. The SMILES string of the molecule is CCOC(=O)C[C@@H](Cc1ccccc1)NC(=O)OCc1ccccc1. The number of rotatable bonds is 8. The molecule has 1 amide bonds. The van der Waals surface area contributed by atoms with Crippen LogP contribution in [0.25, 0.3) is 0 Å². The molecule has 0 bridgehead atoms. The molecule has 0 spiro atoms. The summed E-state index contributed by atoms with van der Waals surface area (Å²) in [5, 5.41) is 2.76. The summed E-state index contributed by atoms with van der Waals surface area (Å²) < 4.78 is 10.2. The number of esters is 1. The van der Waals surface area contributed by atoms with Gasteiger partial charge >= 0.3 is 12.1 Å². The molecule has 0 saturated carbocycles. The van der Waals surface area contributed by atoms with Crippen molar-refractivity contribution in [2.45, 2.75) is 32.4 Å². The van der Waals surface area contributed by atoms with Crippen LogP contribution in [0.15, 0.2) is 60.7 Å². The zero-order valence-electron chi connectivity index (χ0n) is 14.3. The van der Waals surface area contributed by atoms with Gasteiger partial charge in [0.25, 0.3) is 0 Å². The number of carbonyl (C=O) groups excluding carboxylic acids is 2. The molecule has 5 heteroatoms. The van der Waals surface area contributed by atoms with Gasteiger partial charge in [-0.2, -0.15) is 0 Å². The van der Waals surface area contributed by atoms with Crippen LogP contribution in [0.2, 0.25) is 0 Å². The van der Waals surface area contributed by atoms with Crippen molar-refractivity contribution in [3.8, 4) is 0 Å². The van der Waals surface area contributed by atoms with Gasteiger partial charge in [-0.1, -0.05) is 60.7 Å². The Morgan fingerprint density at radius 2 is 1.52 bits per heavy atom. The average Bonchev–Trinajstić information content (AvgIpc) is 2.62. The van der Waals surface area contributed by atoms with Crippen LogP contribution >= 0.6 is 0 Å². The Hall–Kier alpha value is -2.82. The minimum absolute atomic E-state index is 0.100. The maximum absolute atomic E-state index is 12.1. The quantitative estimate of drug-likeness (QED) is 0.747. The van der Waals surface area contributed by atoms with Crippen LogP contribution in [0.4, 0.5) is 4.79 Å². The fourth-order valence-corrected chi connectivity index (χ4v) is 2.43. The molecule has 0 aliphatic carbocycles. The fraction of sp³-hybridized carbons (Fsp3) is 0.300. The van der Waals surface area contributed by atoms with Crippen LogP contribution in [0.1, 0.15) is 24.5 Å². The molecule has 5 nitrogen and oxygen atoms in total. The average molecular weight is 341 g/mol. The summed E-state index contributed by atoms with van der Waals surface area (Å²) >= 11 is 0. The Morgan fingerprint density at radius 3 is 2.12 bits per heavy atom. The third kappa shape index (κ3) is 7.08. The predicted octanol–water partition coefficient (Wildman–Crippen LogP) is 3.48. The van der Waals surface area contributed by atoms with E-state index in [4.69, 9.17) is 9.47 Å². The van der Waals surface area contributed by atoms with E-state index in [1.54, 1.807) is 6.92 Å². The van der Waals surface area contributed by atoms with E-state index in [9.17, 15) is 9.59 Å². The lowest BCUT2D eigenvalue weighted by molar-refractivity contribution is -0.143. The van der Waals surface area contributed by atoms with Gasteiger partial charge in [0.2, 0.25) is 0 Å². The number of alkyl carbamates (subject to hydrolysis) is 1. The largest absolute Gasteiger partial charge is 0.466 e. The highest BCUT2D eigenvalue weighted by atomic mass is 16.5. The van der Waals surface area contributed by atoms with Crippen molar-refractivity contribution in [3.63, 3.8) is 0 Å². The Kier molecular flexibility index (Phi) is 7.50. The highest BCUT2D eigenvalue weighted by molar-refractivity contribution is 5.72. The number of ether oxygens (including phenoxy) is 2. The Morgan fingerprint density at radius 1 is 0.920 bits per heavy atom. The minimum atomic E-state index is -0.547. The third-order valence-corrected chi connectivity index (χ3v) is 3.58. The van der Waals surface area contributed by atoms with Gasteiger partial charge in [-0.3, -0.25) is 4.79 Å². The molecule has 2 aromatic carbocycles. The van der Waals surface area contributed by atoms with Gasteiger partial charge in [-0.25, -0.2) is 4.79 Å². The molecular formula is C20H23NO4. The summed E-state index contributed by atoms with van der Waals surface area (Å²) in [5.41, 5.74) is 1.93. The van der Waals surface area contributed by atoms with E-state index in [1.807, 2.05) is 60.7 Å². The van der Waals surface area contributed by atoms with E-state index in [0.29, 0.717) is 13.0 Å². The molecule has 0 unspecified atom stereocenters. The second kappa shape index (κ2) is 10.1. The second-order valence-electron chi connectivity index (χ2n) is 5.60. The standard InChI is InChI=1S/C20H23NO4/c1-2-24-19(22)14-18(13-16-9-5-3-6-10-16)21-20(23)25-15-17-11-7-4-8-12-17/h3-12,18H,2,13-15H2,1H3,(H,21,23)/t18-/m1/s1. The van der Waals surface area contributed by atoms with Crippen molar-refractivity contribution in [3.05, 3.63) is 71.8 Å². The number of nitrogens with one attached hydrogen (secondary N) is 1. The zero-order valence-corrected chi connectivity index (χ0v) is 14.3. The van der Waals surface area contributed by atoms with E-state index < -0.39 is 6.09 Å². The molecule has 0 aliphatic heterocycles. The van der Waals surface area contributed by atoms with Crippen LogP contribution in [0.3, 0.4) is 0 Å². The van der Waals surface area contributed by atoms with E-state index in [1.165, 1.54) is 0 Å². The van der Waals surface area contributed by atoms with Crippen LogP contribution in [0, 0.1) is 0 Å². The summed E-state index contributed by atoms with van der Waals surface area (Å²) in [6.07, 6.45) is 0.0811. The molecule has 1 N–H and O–H groups in total. The van der Waals surface area contributed by atoms with Gasteiger partial charge in [-0.15, -0.1) is 0 Å². The molecular weight excluding hydrogens is 318 g/mol. The summed E-state index contributed by atoms with van der Waals surface area (Å²) in [5.74, 6) is -0.341. The van der Waals surface area contributed by atoms with Gasteiger partial charge in [0.1, 0.15) is 6.61 Å². The first-order chi connectivity index (χ1) is 12.2. The molecule has 132 valence electrons. The number of hydrogen-bond donors (Lipinski definition) is 1. The molecule has 0 aromatic heterocycles. The Balaban J connectivity index is 1.91. The molecule has 2 rings (SSSR count).